The number of ether oxygens (including phenoxy) is 2. The van der Waals surface area contributed by atoms with Gasteiger partial charge in [0.05, 0.1) is 6.42 Å². The molecule has 2 aromatic rings. The first-order valence-corrected chi connectivity index (χ1v) is 8.91. The number of hydrogen-bond donors (Lipinski definition) is 1. The van der Waals surface area contributed by atoms with Crippen LogP contribution in [0.1, 0.15) is 24.2 Å². The number of carbonyl (C=O) groups excluding carboxylic acids is 1. The molecule has 0 aliphatic carbocycles. The third-order valence-corrected chi connectivity index (χ3v) is 4.75. The quantitative estimate of drug-likeness (QED) is 0.891. The molecule has 1 fully saturated rings. The second-order valence-corrected chi connectivity index (χ2v) is 6.65. The average Bonchev–Trinajstić information content (AvgIpc) is 3.06. The van der Waals surface area contributed by atoms with Crippen molar-refractivity contribution in [3.63, 3.8) is 0 Å². The predicted molar refractivity (Wildman–Crippen MR) is 93.4 cm³/mol. The normalized spacial score (nSPS) is 19.3. The summed E-state index contributed by atoms with van der Waals surface area (Å²) in [4.78, 5) is 14.4. The van der Waals surface area contributed by atoms with E-state index < -0.39 is 0 Å². The van der Waals surface area contributed by atoms with Crippen LogP contribution in [0.4, 0.5) is 5.69 Å². The Labute approximate surface area is 151 Å². The number of nitrogens with zero attached hydrogens (tertiary/aromatic N) is 3. The third-order valence-electron chi connectivity index (χ3n) is 4.75. The van der Waals surface area contributed by atoms with Gasteiger partial charge in [-0.1, -0.05) is 10.3 Å². The number of fused-ring (bicyclic) bond motifs is 1. The summed E-state index contributed by atoms with van der Waals surface area (Å²) in [5, 5.41) is 11.0. The van der Waals surface area contributed by atoms with Crippen molar-refractivity contribution in [1.29, 1.82) is 0 Å². The molecule has 1 atom stereocenters. The molecule has 0 bridgehead atoms. The molecule has 3 heterocycles. The summed E-state index contributed by atoms with van der Waals surface area (Å²) in [7, 11) is 0. The number of carbonyl (C=O) groups is 1. The van der Waals surface area contributed by atoms with Crippen molar-refractivity contribution in [3.05, 3.63) is 29.6 Å². The number of benzene rings is 1. The highest BCUT2D eigenvalue weighted by atomic mass is 16.6. The lowest BCUT2D eigenvalue weighted by molar-refractivity contribution is -0.131. The molecule has 4 rings (SSSR count). The van der Waals surface area contributed by atoms with Crippen molar-refractivity contribution in [2.24, 2.45) is 0 Å². The van der Waals surface area contributed by atoms with Crippen molar-refractivity contribution in [3.8, 4) is 11.5 Å². The molecule has 0 spiro atoms. The Morgan fingerprint density at radius 2 is 2.12 bits per heavy atom. The molecule has 2 aliphatic heterocycles. The number of anilines is 1. The highest BCUT2D eigenvalue weighted by Gasteiger charge is 2.25. The van der Waals surface area contributed by atoms with Gasteiger partial charge in [-0.3, -0.25) is 4.79 Å². The van der Waals surface area contributed by atoms with Gasteiger partial charge in [-0.25, -0.2) is 4.63 Å². The molecule has 0 radical (unpaired) electrons. The molecule has 1 saturated heterocycles. The Kier molecular flexibility index (Phi) is 4.64. The average molecular weight is 358 g/mol. The largest absolute Gasteiger partial charge is 0.486 e. The third kappa shape index (κ3) is 3.58. The van der Waals surface area contributed by atoms with Gasteiger partial charge in [0.15, 0.2) is 11.5 Å². The SMILES string of the molecule is Cc1nonc1CC(=O)N1CCC[C@H](Nc2ccc3c(c2)OCCO3)C1. The number of aryl methyl sites for hydroxylation is 1. The number of rotatable bonds is 4. The summed E-state index contributed by atoms with van der Waals surface area (Å²) in [6.07, 6.45) is 2.21. The minimum absolute atomic E-state index is 0.0532. The topological polar surface area (TPSA) is 89.7 Å². The van der Waals surface area contributed by atoms with E-state index in [4.69, 9.17) is 9.47 Å². The van der Waals surface area contributed by atoms with E-state index in [0.717, 1.165) is 36.6 Å². The van der Waals surface area contributed by atoms with Crippen LogP contribution in [0.3, 0.4) is 0 Å². The van der Waals surface area contributed by atoms with E-state index >= 15 is 0 Å². The first-order valence-electron chi connectivity index (χ1n) is 8.91. The molecule has 0 saturated carbocycles. The molecule has 8 nitrogen and oxygen atoms in total. The van der Waals surface area contributed by atoms with Crippen LogP contribution in [0.2, 0.25) is 0 Å². The van der Waals surface area contributed by atoms with Crippen LogP contribution in [0.25, 0.3) is 0 Å². The Balaban J connectivity index is 1.37. The van der Waals surface area contributed by atoms with Crippen molar-refractivity contribution in [2.75, 3.05) is 31.6 Å². The summed E-state index contributed by atoms with van der Waals surface area (Å²) >= 11 is 0. The molecular weight excluding hydrogens is 336 g/mol. The van der Waals surface area contributed by atoms with E-state index in [2.05, 4.69) is 20.3 Å². The van der Waals surface area contributed by atoms with E-state index in [9.17, 15) is 4.79 Å². The first kappa shape index (κ1) is 16.7. The van der Waals surface area contributed by atoms with E-state index in [1.807, 2.05) is 23.1 Å². The van der Waals surface area contributed by atoms with Crippen molar-refractivity contribution in [2.45, 2.75) is 32.2 Å². The fourth-order valence-corrected chi connectivity index (χ4v) is 3.36. The van der Waals surface area contributed by atoms with Crippen LogP contribution in [0.5, 0.6) is 11.5 Å². The maximum Gasteiger partial charge on any atom is 0.228 e. The Morgan fingerprint density at radius 1 is 1.27 bits per heavy atom. The van der Waals surface area contributed by atoms with Gasteiger partial charge >= 0.3 is 0 Å². The Hall–Kier alpha value is -2.77. The summed E-state index contributed by atoms with van der Waals surface area (Å²) < 4.78 is 15.9. The maximum atomic E-state index is 12.6. The Bertz CT molecular complexity index is 791. The van der Waals surface area contributed by atoms with Crippen LogP contribution < -0.4 is 14.8 Å². The molecule has 8 heteroatoms. The molecular formula is C18H22N4O4. The van der Waals surface area contributed by atoms with Gasteiger partial charge in [0.1, 0.15) is 24.6 Å². The lowest BCUT2D eigenvalue weighted by atomic mass is 10.0. The molecule has 1 aromatic carbocycles. The van der Waals surface area contributed by atoms with Gasteiger partial charge in [-0.15, -0.1) is 0 Å². The molecule has 1 amide bonds. The van der Waals surface area contributed by atoms with Crippen LogP contribution in [0.15, 0.2) is 22.8 Å². The van der Waals surface area contributed by atoms with Gasteiger partial charge < -0.3 is 19.7 Å². The van der Waals surface area contributed by atoms with Gasteiger partial charge in [-0.05, 0) is 31.9 Å². The standard InChI is InChI=1S/C18H22N4O4/c1-12-15(21-26-20-12)10-18(23)22-6-2-3-14(11-22)19-13-4-5-16-17(9-13)25-8-7-24-16/h4-5,9,14,19H,2-3,6-8,10-11H2,1H3/t14-/m0/s1. The summed E-state index contributed by atoms with van der Waals surface area (Å²) in [5.41, 5.74) is 2.25. The van der Waals surface area contributed by atoms with Crippen LogP contribution >= 0.6 is 0 Å². The van der Waals surface area contributed by atoms with E-state index in [0.29, 0.717) is 31.1 Å². The number of hydrogen-bond acceptors (Lipinski definition) is 7. The molecule has 26 heavy (non-hydrogen) atoms. The molecule has 0 unspecified atom stereocenters. The maximum absolute atomic E-state index is 12.6. The fourth-order valence-electron chi connectivity index (χ4n) is 3.36. The molecule has 138 valence electrons. The highest BCUT2D eigenvalue weighted by molar-refractivity contribution is 5.78. The van der Waals surface area contributed by atoms with Crippen LogP contribution in [-0.4, -0.2) is 53.5 Å². The monoisotopic (exact) mass is 358 g/mol. The predicted octanol–water partition coefficient (Wildman–Crippen LogP) is 1.79. The van der Waals surface area contributed by atoms with Gasteiger partial charge in [0, 0.05) is 30.9 Å². The minimum atomic E-state index is 0.0532. The number of aromatic nitrogens is 2. The zero-order chi connectivity index (χ0) is 17.9. The zero-order valence-electron chi connectivity index (χ0n) is 14.7. The summed E-state index contributed by atoms with van der Waals surface area (Å²) in [6.45, 7) is 4.38. The van der Waals surface area contributed by atoms with Crippen LogP contribution in [-0.2, 0) is 11.2 Å². The number of nitrogens with one attached hydrogen (secondary N) is 1. The lowest BCUT2D eigenvalue weighted by Crippen LogP contribution is -2.45. The van der Waals surface area contributed by atoms with Gasteiger partial charge in [0.2, 0.25) is 5.91 Å². The van der Waals surface area contributed by atoms with E-state index in [1.165, 1.54) is 0 Å². The summed E-state index contributed by atoms with van der Waals surface area (Å²) in [6, 6.07) is 6.06. The zero-order valence-corrected chi connectivity index (χ0v) is 14.7. The molecule has 1 aromatic heterocycles. The van der Waals surface area contributed by atoms with Crippen molar-refractivity contribution < 1.29 is 18.9 Å². The smallest absolute Gasteiger partial charge is 0.228 e. The van der Waals surface area contributed by atoms with Gasteiger partial charge in [0.25, 0.3) is 0 Å². The van der Waals surface area contributed by atoms with E-state index in [-0.39, 0.29) is 18.4 Å². The van der Waals surface area contributed by atoms with Crippen LogP contribution in [0, 0.1) is 6.92 Å². The van der Waals surface area contributed by atoms with E-state index in [1.54, 1.807) is 6.92 Å². The first-order chi connectivity index (χ1) is 12.7. The number of piperidine rings is 1. The molecule has 1 N–H and O–H groups in total. The number of amides is 1. The number of likely N-dealkylation sites (tertiary alicyclic amines) is 1. The Morgan fingerprint density at radius 3 is 2.92 bits per heavy atom. The van der Waals surface area contributed by atoms with Gasteiger partial charge in [-0.2, -0.15) is 0 Å². The minimum Gasteiger partial charge on any atom is -0.486 e. The lowest BCUT2D eigenvalue weighted by Gasteiger charge is -2.34. The van der Waals surface area contributed by atoms with Crippen molar-refractivity contribution in [1.82, 2.24) is 15.2 Å². The van der Waals surface area contributed by atoms with Crippen molar-refractivity contribution >= 4 is 11.6 Å². The highest BCUT2D eigenvalue weighted by Crippen LogP contribution is 2.33. The molecule has 2 aliphatic rings. The second-order valence-electron chi connectivity index (χ2n) is 6.65. The fraction of sp³-hybridized carbons (Fsp3) is 0.500. The second kappa shape index (κ2) is 7.23. The summed E-state index contributed by atoms with van der Waals surface area (Å²) in [5.74, 6) is 1.59.